The summed E-state index contributed by atoms with van der Waals surface area (Å²) in [5, 5.41) is 0. The summed E-state index contributed by atoms with van der Waals surface area (Å²) in [7, 11) is -4.64. The van der Waals surface area contributed by atoms with Crippen molar-refractivity contribution in [3.05, 3.63) is 0 Å². The summed E-state index contributed by atoms with van der Waals surface area (Å²) >= 11 is 0. The van der Waals surface area contributed by atoms with Gasteiger partial charge in [0.1, 0.15) is 0 Å². The van der Waals surface area contributed by atoms with Crippen LogP contribution in [0, 0.1) is 0 Å². The molecule has 3 N–H and O–H groups in total. The molecular formula is C2H13CaO4P. The summed E-state index contributed by atoms with van der Waals surface area (Å²) in [5.74, 6) is 0. The topological polar surface area (TPSA) is 77.8 Å². The fraction of sp³-hybridized carbons (Fsp3) is 1.00. The van der Waals surface area contributed by atoms with Crippen molar-refractivity contribution in [1.82, 2.24) is 0 Å². The van der Waals surface area contributed by atoms with E-state index in [1.165, 1.54) is 0 Å². The molecule has 0 radical (unpaired) electrons. The van der Waals surface area contributed by atoms with Crippen molar-refractivity contribution < 1.29 is 19.2 Å². The van der Waals surface area contributed by atoms with E-state index >= 15 is 0 Å². The number of hydrogen-bond acceptors (Lipinski definition) is 1. The Labute approximate surface area is 79.2 Å². The number of phosphoric acid groups is 1. The van der Waals surface area contributed by atoms with Gasteiger partial charge in [0.15, 0.2) is 0 Å². The summed E-state index contributed by atoms with van der Waals surface area (Å²) in [6.45, 7) is 0. The molecule has 0 unspecified atom stereocenters. The Hall–Kier alpha value is 1.37. The number of rotatable bonds is 0. The molecular weight excluding hydrogens is 159 g/mol. The average Bonchev–Trinajstić information content (AvgIpc) is 0.722. The van der Waals surface area contributed by atoms with E-state index in [4.69, 9.17) is 19.2 Å². The Bertz CT molecular complexity index is 60.2. The maximum absolute atomic E-state index is 8.88. The molecule has 0 heterocycles. The maximum atomic E-state index is 8.88. The van der Waals surface area contributed by atoms with E-state index in [1.807, 2.05) is 0 Å². The fourth-order valence-electron chi connectivity index (χ4n) is 0. The van der Waals surface area contributed by atoms with Gasteiger partial charge in [-0.05, 0) is 0 Å². The van der Waals surface area contributed by atoms with Crippen molar-refractivity contribution in [3.63, 3.8) is 0 Å². The standard InChI is InChI=1S/2CH4.Ca.H3O4P.2H/c;;;1-5(2,3)4;;/h2*1H4;;(H3,1,2,3,4);;. The molecule has 0 fully saturated rings. The van der Waals surface area contributed by atoms with Crippen LogP contribution in [0.4, 0.5) is 0 Å². The molecule has 4 nitrogen and oxygen atoms in total. The zero-order chi connectivity index (χ0) is 4.50. The predicted molar refractivity (Wildman–Crippen MR) is 36.3 cm³/mol. The first kappa shape index (κ1) is 22.8. The van der Waals surface area contributed by atoms with Crippen LogP contribution in [0.5, 0.6) is 0 Å². The van der Waals surface area contributed by atoms with Gasteiger partial charge in [-0.15, -0.1) is 0 Å². The average molecular weight is 172 g/mol. The van der Waals surface area contributed by atoms with E-state index in [0.29, 0.717) is 0 Å². The van der Waals surface area contributed by atoms with Crippen molar-refractivity contribution in [3.8, 4) is 0 Å². The van der Waals surface area contributed by atoms with Crippen LogP contribution in [0.3, 0.4) is 0 Å². The first-order valence-corrected chi connectivity index (χ1v) is 2.35. The molecule has 52 valence electrons. The van der Waals surface area contributed by atoms with Crippen LogP contribution in [0.1, 0.15) is 14.9 Å². The quantitative estimate of drug-likeness (QED) is 0.337. The second kappa shape index (κ2) is 8.37. The van der Waals surface area contributed by atoms with Gasteiger partial charge in [0.25, 0.3) is 0 Å². The summed E-state index contributed by atoms with van der Waals surface area (Å²) in [6, 6.07) is 0. The van der Waals surface area contributed by atoms with Gasteiger partial charge >= 0.3 is 45.6 Å². The van der Waals surface area contributed by atoms with Crippen LogP contribution in [0.15, 0.2) is 0 Å². The van der Waals surface area contributed by atoms with E-state index in [1.54, 1.807) is 0 Å². The van der Waals surface area contributed by atoms with Crippen LogP contribution < -0.4 is 0 Å². The molecule has 0 aliphatic heterocycles. The minimum atomic E-state index is -4.64. The Balaban J connectivity index is -0.0000000267. The monoisotopic (exact) mass is 172 g/mol. The molecule has 0 aromatic carbocycles. The Morgan fingerprint density at radius 2 is 1.00 bits per heavy atom. The minimum absolute atomic E-state index is 0. The van der Waals surface area contributed by atoms with Gasteiger partial charge in [-0.3, -0.25) is 0 Å². The SMILES string of the molecule is C.C.O=P(O)(O)O.[CaH2]. The molecule has 0 aliphatic rings. The number of hydrogen-bond donors (Lipinski definition) is 3. The molecule has 0 aliphatic carbocycles. The molecule has 6 heteroatoms. The first-order valence-electron chi connectivity index (χ1n) is 0.783. The molecule has 0 saturated carbocycles. The zero-order valence-corrected chi connectivity index (χ0v) is 3.09. The zero-order valence-electron chi connectivity index (χ0n) is 2.20. The molecule has 0 spiro atoms. The van der Waals surface area contributed by atoms with Gasteiger partial charge in [-0.1, -0.05) is 14.9 Å². The Morgan fingerprint density at radius 3 is 1.00 bits per heavy atom. The Morgan fingerprint density at radius 1 is 1.00 bits per heavy atom. The third kappa shape index (κ3) is 159. The van der Waals surface area contributed by atoms with Gasteiger partial charge in [0.2, 0.25) is 0 Å². The van der Waals surface area contributed by atoms with Crippen LogP contribution in [0.2, 0.25) is 0 Å². The molecule has 0 aromatic heterocycles. The van der Waals surface area contributed by atoms with Crippen LogP contribution in [-0.4, -0.2) is 52.4 Å². The molecule has 0 atom stereocenters. The molecule has 0 saturated heterocycles. The van der Waals surface area contributed by atoms with E-state index in [-0.39, 0.29) is 52.6 Å². The van der Waals surface area contributed by atoms with Crippen molar-refractivity contribution in [2.75, 3.05) is 0 Å². The second-order valence-corrected chi connectivity index (χ2v) is 1.54. The van der Waals surface area contributed by atoms with Crippen molar-refractivity contribution in [2.45, 2.75) is 14.9 Å². The normalized spacial score (nSPS) is 7.38. The van der Waals surface area contributed by atoms with Crippen LogP contribution in [-0.2, 0) is 4.57 Å². The third-order valence-corrected chi connectivity index (χ3v) is 0. The third-order valence-electron chi connectivity index (χ3n) is 0. The van der Waals surface area contributed by atoms with Crippen LogP contribution >= 0.6 is 7.82 Å². The predicted octanol–water partition coefficient (Wildman–Crippen LogP) is -0.573. The van der Waals surface area contributed by atoms with E-state index < -0.39 is 7.82 Å². The summed E-state index contributed by atoms with van der Waals surface area (Å²) in [4.78, 5) is 21.6. The van der Waals surface area contributed by atoms with Crippen LogP contribution in [0.25, 0.3) is 0 Å². The van der Waals surface area contributed by atoms with Crippen molar-refractivity contribution >= 4 is 45.6 Å². The summed E-state index contributed by atoms with van der Waals surface area (Å²) < 4.78 is 8.88. The van der Waals surface area contributed by atoms with E-state index in [0.717, 1.165) is 0 Å². The van der Waals surface area contributed by atoms with Crippen molar-refractivity contribution in [1.29, 1.82) is 0 Å². The molecule has 0 amide bonds. The molecule has 8 heavy (non-hydrogen) atoms. The van der Waals surface area contributed by atoms with Crippen molar-refractivity contribution in [2.24, 2.45) is 0 Å². The fourth-order valence-corrected chi connectivity index (χ4v) is 0. The van der Waals surface area contributed by atoms with E-state index in [2.05, 4.69) is 0 Å². The van der Waals surface area contributed by atoms with Gasteiger partial charge < -0.3 is 14.7 Å². The first-order chi connectivity index (χ1) is 2.00. The van der Waals surface area contributed by atoms with E-state index in [9.17, 15) is 0 Å². The van der Waals surface area contributed by atoms with Gasteiger partial charge in [-0.25, -0.2) is 4.57 Å². The van der Waals surface area contributed by atoms with Gasteiger partial charge in [0.05, 0.1) is 0 Å². The molecule has 0 aromatic rings. The Kier molecular flexibility index (Phi) is 23.8. The summed E-state index contributed by atoms with van der Waals surface area (Å²) in [5.41, 5.74) is 0. The van der Waals surface area contributed by atoms with Gasteiger partial charge in [-0.2, -0.15) is 0 Å². The second-order valence-electron chi connectivity index (χ2n) is 0.513. The molecule has 0 bridgehead atoms. The summed E-state index contributed by atoms with van der Waals surface area (Å²) in [6.07, 6.45) is 0. The molecule has 0 rings (SSSR count). The van der Waals surface area contributed by atoms with Gasteiger partial charge in [0, 0.05) is 0 Å².